The maximum atomic E-state index is 3.12. The minimum absolute atomic E-state index is 0. The van der Waals surface area contributed by atoms with E-state index in [0.717, 1.165) is 0 Å². The van der Waals surface area contributed by atoms with E-state index in [1.165, 1.54) is 0 Å². The van der Waals surface area contributed by atoms with Crippen molar-refractivity contribution in [3.8, 4) is 0 Å². The highest BCUT2D eigenvalue weighted by Crippen LogP contribution is 1.16. The molecule has 0 aliphatic rings. The fraction of sp³-hybridized carbons (Fsp3) is 0. The number of hydrogen-bond donors (Lipinski definition) is 0. The second kappa shape index (κ2) is 80.0. The van der Waals surface area contributed by atoms with E-state index >= 15 is 0 Å². The van der Waals surface area contributed by atoms with Crippen molar-refractivity contribution in [3.05, 3.63) is 37.8 Å². The quantitative estimate of drug-likeness (QED) is 0.406. The van der Waals surface area contributed by atoms with Gasteiger partial charge in [-0.3, -0.25) is 0 Å². The molecule has 0 radical (unpaired) electrons. The van der Waals surface area contributed by atoms with Crippen LogP contribution in [0.2, 0.25) is 0 Å². The van der Waals surface area contributed by atoms with E-state index in [4.69, 9.17) is 0 Å². The first-order valence-electron chi connectivity index (χ1n) is 1.41. The minimum Gasteiger partial charge on any atom is -0.412 e. The van der Waals surface area contributed by atoms with Gasteiger partial charge in [0.15, 0.2) is 0 Å². The summed E-state index contributed by atoms with van der Waals surface area (Å²) in [4.78, 5) is 0. The average molecular weight is 98.1 g/mol. The van der Waals surface area contributed by atoms with Gasteiger partial charge in [0.1, 0.15) is 0 Å². The van der Waals surface area contributed by atoms with Gasteiger partial charge in [-0.1, -0.05) is 26.3 Å². The Bertz CT molecular complexity index is 58.2. The second-order valence-corrected chi connectivity index (χ2v) is 0.500. The molecule has 2 N–H and O–H groups in total. The molecule has 1 heteroatoms. The Morgan fingerprint density at radius 1 is 0.714 bits per heavy atom. The maximum Gasteiger partial charge on any atom is -0.0572 e. The summed E-state index contributed by atoms with van der Waals surface area (Å²) in [7, 11) is 0. The SMILES string of the molecule is C=C=C.C=C=C.O. The van der Waals surface area contributed by atoms with Crippen LogP contribution < -0.4 is 0 Å². The Labute approximate surface area is 44.3 Å². The van der Waals surface area contributed by atoms with Gasteiger partial charge in [0.2, 0.25) is 0 Å². The molecule has 0 aromatic carbocycles. The molecule has 0 aromatic rings. The van der Waals surface area contributed by atoms with Crippen LogP contribution in [-0.4, -0.2) is 5.48 Å². The lowest BCUT2D eigenvalue weighted by molar-refractivity contribution is 0.824. The first-order chi connectivity index (χ1) is 2.83. The summed E-state index contributed by atoms with van der Waals surface area (Å²) >= 11 is 0. The normalized spacial score (nSPS) is 2.29. The molecule has 0 aliphatic carbocycles. The largest absolute Gasteiger partial charge is 0.412 e. The zero-order chi connectivity index (χ0) is 5.41. The zero-order valence-electron chi connectivity index (χ0n) is 4.33. The molecule has 0 saturated heterocycles. The van der Waals surface area contributed by atoms with Crippen LogP contribution in [-0.2, 0) is 0 Å². The molecular formula is C6H10O. The van der Waals surface area contributed by atoms with Gasteiger partial charge in [0.05, 0.1) is 0 Å². The molecule has 0 atom stereocenters. The maximum absolute atomic E-state index is 3.12. The van der Waals surface area contributed by atoms with Crippen molar-refractivity contribution in [2.24, 2.45) is 0 Å². The lowest BCUT2D eigenvalue weighted by Gasteiger charge is -1.10. The first-order valence-corrected chi connectivity index (χ1v) is 1.41. The molecule has 0 aromatic heterocycles. The van der Waals surface area contributed by atoms with Gasteiger partial charge in [0.25, 0.3) is 0 Å². The third kappa shape index (κ3) is 45.0. The molecule has 0 spiro atoms. The molecular weight excluding hydrogens is 88.1 g/mol. The minimum atomic E-state index is 0. The van der Waals surface area contributed by atoms with Crippen molar-refractivity contribution in [2.75, 3.05) is 0 Å². The highest BCUT2D eigenvalue weighted by atomic mass is 16.0. The number of rotatable bonds is 0. The molecule has 0 amide bonds. The molecule has 0 fully saturated rings. The molecule has 0 bridgehead atoms. The molecule has 0 saturated carbocycles. The van der Waals surface area contributed by atoms with Crippen molar-refractivity contribution in [3.63, 3.8) is 0 Å². The molecule has 1 nitrogen and oxygen atoms in total. The molecule has 0 rings (SSSR count). The summed E-state index contributed by atoms with van der Waals surface area (Å²) in [6.07, 6.45) is 0. The van der Waals surface area contributed by atoms with Crippen molar-refractivity contribution in [1.29, 1.82) is 0 Å². The van der Waals surface area contributed by atoms with Crippen molar-refractivity contribution in [2.45, 2.75) is 0 Å². The monoisotopic (exact) mass is 98.1 g/mol. The summed E-state index contributed by atoms with van der Waals surface area (Å²) in [5, 5.41) is 0. The van der Waals surface area contributed by atoms with Crippen LogP contribution in [0.4, 0.5) is 0 Å². The standard InChI is InChI=1S/2C3H4.H2O/c2*1-3-2;/h2*1-2H2;1H2. The molecule has 0 heterocycles. The molecule has 0 aliphatic heterocycles. The predicted molar refractivity (Wildman–Crippen MR) is 33.1 cm³/mol. The average Bonchev–Trinajstić information content (AvgIpc) is 1.39. The van der Waals surface area contributed by atoms with E-state index in [1.807, 2.05) is 0 Å². The Kier molecular flexibility index (Phi) is 190. The van der Waals surface area contributed by atoms with E-state index < -0.39 is 0 Å². The third-order valence-corrected chi connectivity index (χ3v) is 0. The Morgan fingerprint density at radius 3 is 0.714 bits per heavy atom. The van der Waals surface area contributed by atoms with Crippen molar-refractivity contribution >= 4 is 0 Å². The molecule has 40 valence electrons. The summed E-state index contributed by atoms with van der Waals surface area (Å²) < 4.78 is 0. The van der Waals surface area contributed by atoms with Gasteiger partial charge in [-0.25, -0.2) is 0 Å². The Morgan fingerprint density at radius 2 is 0.714 bits per heavy atom. The van der Waals surface area contributed by atoms with Crippen LogP contribution in [0.25, 0.3) is 0 Å². The van der Waals surface area contributed by atoms with Crippen LogP contribution in [0, 0.1) is 0 Å². The van der Waals surface area contributed by atoms with Gasteiger partial charge < -0.3 is 5.48 Å². The van der Waals surface area contributed by atoms with Crippen LogP contribution in [0.5, 0.6) is 0 Å². The first kappa shape index (κ1) is 16.7. The van der Waals surface area contributed by atoms with Crippen molar-refractivity contribution in [1.82, 2.24) is 0 Å². The van der Waals surface area contributed by atoms with Crippen LogP contribution in [0.1, 0.15) is 0 Å². The van der Waals surface area contributed by atoms with Crippen LogP contribution in [0.3, 0.4) is 0 Å². The topological polar surface area (TPSA) is 31.5 Å². The smallest absolute Gasteiger partial charge is 0.0572 e. The zero-order valence-corrected chi connectivity index (χ0v) is 4.33. The highest BCUT2D eigenvalue weighted by Gasteiger charge is 0.907. The highest BCUT2D eigenvalue weighted by molar-refractivity contribution is 4.52. The van der Waals surface area contributed by atoms with E-state index in [9.17, 15) is 0 Å². The summed E-state index contributed by atoms with van der Waals surface area (Å²) in [6, 6.07) is 0. The molecule has 7 heavy (non-hydrogen) atoms. The van der Waals surface area contributed by atoms with Gasteiger partial charge >= 0.3 is 0 Å². The van der Waals surface area contributed by atoms with Gasteiger partial charge in [-0.15, -0.1) is 11.5 Å². The fourth-order valence-electron chi connectivity index (χ4n) is 0. The van der Waals surface area contributed by atoms with Gasteiger partial charge in [-0.2, -0.15) is 0 Å². The summed E-state index contributed by atoms with van der Waals surface area (Å²) in [5.41, 5.74) is 4.50. The molecule has 0 unspecified atom stereocenters. The lowest BCUT2D eigenvalue weighted by atomic mass is 11.0. The summed E-state index contributed by atoms with van der Waals surface area (Å²) in [6.45, 7) is 12.5. The predicted octanol–water partition coefficient (Wildman–Crippen LogP) is 1.09. The van der Waals surface area contributed by atoms with E-state index in [0.29, 0.717) is 0 Å². The Balaban J connectivity index is -0.0000000400. The Hall–Kier alpha value is -1.00. The van der Waals surface area contributed by atoms with Crippen molar-refractivity contribution < 1.29 is 5.48 Å². The van der Waals surface area contributed by atoms with E-state index in [2.05, 4.69) is 37.8 Å². The fourth-order valence-corrected chi connectivity index (χ4v) is 0. The second-order valence-electron chi connectivity index (χ2n) is 0.500. The van der Waals surface area contributed by atoms with Crippen LogP contribution in [0.15, 0.2) is 37.8 Å². The van der Waals surface area contributed by atoms with Crippen LogP contribution >= 0.6 is 0 Å². The van der Waals surface area contributed by atoms with E-state index in [-0.39, 0.29) is 5.48 Å². The third-order valence-electron chi connectivity index (χ3n) is 0. The van der Waals surface area contributed by atoms with E-state index in [1.54, 1.807) is 0 Å². The van der Waals surface area contributed by atoms with Gasteiger partial charge in [-0.05, 0) is 0 Å². The van der Waals surface area contributed by atoms with Gasteiger partial charge in [0, 0.05) is 0 Å². The lowest BCUT2D eigenvalue weighted by Crippen LogP contribution is -0.844. The number of hydrogen-bond acceptors (Lipinski definition) is 0. The summed E-state index contributed by atoms with van der Waals surface area (Å²) in [5.74, 6) is 0.